The summed E-state index contributed by atoms with van der Waals surface area (Å²) in [6.45, 7) is 6.53. The fourth-order valence-electron chi connectivity index (χ4n) is 3.69. The second-order valence-electron chi connectivity index (χ2n) is 7.71. The lowest BCUT2D eigenvalue weighted by atomic mass is 10.1. The molecule has 7 nitrogen and oxygen atoms in total. The van der Waals surface area contributed by atoms with Crippen molar-refractivity contribution in [1.82, 2.24) is 15.1 Å². The number of anilines is 1. The standard InChI is InChI=1S/C24H30N4O3/c1-3-19-9-5-7-11-21(19)26-22(29)17-27-12-14-28(15-13-27)23(30)16-25-24(31)20-10-6-4-8-18(20)2/h4-11H,3,12-17H2,1-2H3,(H,25,31)(H,26,29). The summed E-state index contributed by atoms with van der Waals surface area (Å²) in [5, 5.41) is 5.70. The molecule has 1 fully saturated rings. The second kappa shape index (κ2) is 10.7. The first kappa shape index (κ1) is 22.5. The lowest BCUT2D eigenvalue weighted by Crippen LogP contribution is -2.52. The molecule has 1 aliphatic rings. The van der Waals surface area contributed by atoms with E-state index in [0.717, 1.165) is 23.2 Å². The maximum Gasteiger partial charge on any atom is 0.251 e. The van der Waals surface area contributed by atoms with E-state index in [4.69, 9.17) is 0 Å². The maximum atomic E-state index is 12.5. The van der Waals surface area contributed by atoms with Gasteiger partial charge in [-0.05, 0) is 36.6 Å². The smallest absolute Gasteiger partial charge is 0.251 e. The highest BCUT2D eigenvalue weighted by molar-refractivity contribution is 5.97. The highest BCUT2D eigenvalue weighted by Crippen LogP contribution is 2.15. The largest absolute Gasteiger partial charge is 0.343 e. The van der Waals surface area contributed by atoms with Gasteiger partial charge in [-0.1, -0.05) is 43.3 Å². The van der Waals surface area contributed by atoms with Crippen molar-refractivity contribution in [3.63, 3.8) is 0 Å². The number of carbonyl (C=O) groups excluding carboxylic acids is 3. The molecular weight excluding hydrogens is 392 g/mol. The number of nitrogens with zero attached hydrogens (tertiary/aromatic N) is 2. The van der Waals surface area contributed by atoms with Crippen molar-refractivity contribution in [2.45, 2.75) is 20.3 Å². The molecule has 0 unspecified atom stereocenters. The molecule has 2 aromatic rings. The van der Waals surface area contributed by atoms with Gasteiger partial charge in [-0.2, -0.15) is 0 Å². The third kappa shape index (κ3) is 6.15. The molecule has 0 aromatic heterocycles. The molecular formula is C24H30N4O3. The number of carbonyl (C=O) groups is 3. The third-order valence-corrected chi connectivity index (χ3v) is 5.55. The molecule has 3 rings (SSSR count). The van der Waals surface area contributed by atoms with Gasteiger partial charge in [0.25, 0.3) is 5.91 Å². The molecule has 164 valence electrons. The van der Waals surface area contributed by atoms with Gasteiger partial charge in [0.15, 0.2) is 0 Å². The predicted octanol–water partition coefficient (Wildman–Crippen LogP) is 2.07. The highest BCUT2D eigenvalue weighted by atomic mass is 16.2. The molecule has 0 atom stereocenters. The summed E-state index contributed by atoms with van der Waals surface area (Å²) in [6.07, 6.45) is 0.859. The number of amides is 3. The average Bonchev–Trinajstić information content (AvgIpc) is 2.78. The van der Waals surface area contributed by atoms with Crippen molar-refractivity contribution >= 4 is 23.4 Å². The van der Waals surface area contributed by atoms with Gasteiger partial charge in [0, 0.05) is 37.4 Å². The van der Waals surface area contributed by atoms with Gasteiger partial charge in [-0.3, -0.25) is 19.3 Å². The Balaban J connectivity index is 1.41. The van der Waals surface area contributed by atoms with E-state index >= 15 is 0 Å². The van der Waals surface area contributed by atoms with Crippen molar-refractivity contribution in [2.24, 2.45) is 0 Å². The minimum absolute atomic E-state index is 0.0263. The van der Waals surface area contributed by atoms with Crippen molar-refractivity contribution in [3.8, 4) is 0 Å². The summed E-state index contributed by atoms with van der Waals surface area (Å²) in [5.41, 5.74) is 3.42. The number of rotatable bonds is 7. The topological polar surface area (TPSA) is 81.8 Å². The van der Waals surface area contributed by atoms with Gasteiger partial charge in [0.05, 0.1) is 13.1 Å². The van der Waals surface area contributed by atoms with Gasteiger partial charge in [0.1, 0.15) is 0 Å². The summed E-state index contributed by atoms with van der Waals surface area (Å²) >= 11 is 0. The quantitative estimate of drug-likeness (QED) is 0.716. The molecule has 3 amide bonds. The lowest BCUT2D eigenvalue weighted by molar-refractivity contribution is -0.132. The van der Waals surface area contributed by atoms with Crippen LogP contribution in [-0.4, -0.2) is 66.8 Å². The molecule has 0 aliphatic carbocycles. The zero-order valence-electron chi connectivity index (χ0n) is 18.2. The third-order valence-electron chi connectivity index (χ3n) is 5.55. The first-order chi connectivity index (χ1) is 15.0. The van der Waals surface area contributed by atoms with Crippen LogP contribution in [-0.2, 0) is 16.0 Å². The van der Waals surface area contributed by atoms with Crippen LogP contribution in [0.1, 0.15) is 28.4 Å². The van der Waals surface area contributed by atoms with Crippen LogP contribution in [0.3, 0.4) is 0 Å². The molecule has 2 aromatic carbocycles. The number of hydrogen-bond donors (Lipinski definition) is 2. The molecule has 0 radical (unpaired) electrons. The van der Waals surface area contributed by atoms with E-state index in [1.54, 1.807) is 17.0 Å². The molecule has 0 spiro atoms. The van der Waals surface area contributed by atoms with Crippen LogP contribution >= 0.6 is 0 Å². The Morgan fingerprint density at radius 1 is 0.935 bits per heavy atom. The molecule has 1 heterocycles. The van der Waals surface area contributed by atoms with Gasteiger partial charge < -0.3 is 15.5 Å². The summed E-state index contributed by atoms with van der Waals surface area (Å²) in [7, 11) is 0. The predicted molar refractivity (Wildman–Crippen MR) is 121 cm³/mol. The Bertz CT molecular complexity index is 936. The normalized spacial score (nSPS) is 14.2. The monoisotopic (exact) mass is 422 g/mol. The minimum atomic E-state index is -0.242. The van der Waals surface area contributed by atoms with Crippen LogP contribution < -0.4 is 10.6 Å². The van der Waals surface area contributed by atoms with Gasteiger partial charge in [0.2, 0.25) is 11.8 Å². The van der Waals surface area contributed by atoms with Crippen LogP contribution in [0.2, 0.25) is 0 Å². The van der Waals surface area contributed by atoms with Gasteiger partial charge >= 0.3 is 0 Å². The molecule has 1 aliphatic heterocycles. The van der Waals surface area contributed by atoms with Crippen LogP contribution in [0.5, 0.6) is 0 Å². The summed E-state index contributed by atoms with van der Waals surface area (Å²) in [4.78, 5) is 41.0. The average molecular weight is 423 g/mol. The van der Waals surface area contributed by atoms with Gasteiger partial charge in [-0.25, -0.2) is 0 Å². The van der Waals surface area contributed by atoms with Crippen molar-refractivity contribution in [2.75, 3.05) is 44.6 Å². The summed E-state index contributed by atoms with van der Waals surface area (Å²) in [6, 6.07) is 15.1. The van der Waals surface area contributed by atoms with Crippen LogP contribution in [0.25, 0.3) is 0 Å². The minimum Gasteiger partial charge on any atom is -0.343 e. The lowest BCUT2D eigenvalue weighted by Gasteiger charge is -2.34. The molecule has 1 saturated heterocycles. The van der Waals surface area contributed by atoms with Crippen molar-refractivity contribution in [3.05, 3.63) is 65.2 Å². The van der Waals surface area contributed by atoms with E-state index in [1.807, 2.05) is 48.2 Å². The molecule has 0 saturated carbocycles. The number of hydrogen-bond acceptors (Lipinski definition) is 4. The fraction of sp³-hybridized carbons (Fsp3) is 0.375. The Morgan fingerprint density at radius 3 is 2.32 bits per heavy atom. The Hall–Kier alpha value is -3.19. The van der Waals surface area contributed by atoms with E-state index in [1.165, 1.54) is 0 Å². The number of piperazine rings is 1. The van der Waals surface area contributed by atoms with Crippen molar-refractivity contribution < 1.29 is 14.4 Å². The van der Waals surface area contributed by atoms with Crippen molar-refractivity contribution in [1.29, 1.82) is 0 Å². The molecule has 7 heteroatoms. The first-order valence-electron chi connectivity index (χ1n) is 10.7. The number of para-hydroxylation sites is 1. The number of benzene rings is 2. The fourth-order valence-corrected chi connectivity index (χ4v) is 3.69. The number of nitrogens with one attached hydrogen (secondary N) is 2. The van der Waals surface area contributed by atoms with E-state index in [2.05, 4.69) is 17.6 Å². The maximum absolute atomic E-state index is 12.5. The van der Waals surface area contributed by atoms with E-state index in [0.29, 0.717) is 38.3 Å². The van der Waals surface area contributed by atoms with Crippen LogP contribution in [0, 0.1) is 6.92 Å². The zero-order valence-corrected chi connectivity index (χ0v) is 18.2. The summed E-state index contributed by atoms with van der Waals surface area (Å²) < 4.78 is 0. The zero-order chi connectivity index (χ0) is 22.2. The van der Waals surface area contributed by atoms with E-state index in [9.17, 15) is 14.4 Å². The highest BCUT2D eigenvalue weighted by Gasteiger charge is 2.23. The van der Waals surface area contributed by atoms with Crippen LogP contribution in [0.4, 0.5) is 5.69 Å². The van der Waals surface area contributed by atoms with E-state index in [-0.39, 0.29) is 24.3 Å². The van der Waals surface area contributed by atoms with Gasteiger partial charge in [-0.15, -0.1) is 0 Å². The SMILES string of the molecule is CCc1ccccc1NC(=O)CN1CCN(C(=O)CNC(=O)c2ccccc2C)CC1. The number of aryl methyl sites for hydroxylation is 2. The Kier molecular flexibility index (Phi) is 7.78. The van der Waals surface area contributed by atoms with Crippen LogP contribution in [0.15, 0.2) is 48.5 Å². The molecule has 0 bridgehead atoms. The molecule has 2 N–H and O–H groups in total. The first-order valence-corrected chi connectivity index (χ1v) is 10.7. The Morgan fingerprint density at radius 2 is 1.61 bits per heavy atom. The summed E-state index contributed by atoms with van der Waals surface area (Å²) in [5.74, 6) is -0.400. The Labute approximate surface area is 183 Å². The second-order valence-corrected chi connectivity index (χ2v) is 7.71. The molecule has 31 heavy (non-hydrogen) atoms. The van der Waals surface area contributed by atoms with E-state index < -0.39 is 0 Å².